The van der Waals surface area contributed by atoms with Crippen LogP contribution in [0.3, 0.4) is 0 Å². The van der Waals surface area contributed by atoms with Gasteiger partial charge in [0.1, 0.15) is 5.75 Å². The van der Waals surface area contributed by atoms with Crippen LogP contribution in [0.2, 0.25) is 0 Å². The van der Waals surface area contributed by atoms with Crippen LogP contribution in [-0.4, -0.2) is 33.1 Å². The summed E-state index contributed by atoms with van der Waals surface area (Å²) in [4.78, 5) is 10.6. The molecule has 8 nitrogen and oxygen atoms in total. The van der Waals surface area contributed by atoms with E-state index in [0.29, 0.717) is 18.1 Å². The van der Waals surface area contributed by atoms with Gasteiger partial charge in [-0.15, -0.1) is 10.2 Å². The van der Waals surface area contributed by atoms with Crippen LogP contribution in [0.25, 0.3) is 0 Å². The number of nitrogens with two attached hydrogens (primary N) is 1. The van der Waals surface area contributed by atoms with Crippen LogP contribution in [0.1, 0.15) is 24.4 Å². The third-order valence-electron chi connectivity index (χ3n) is 2.67. The first-order valence-electron chi connectivity index (χ1n) is 6.12. The topological polar surface area (TPSA) is 119 Å². The zero-order chi connectivity index (χ0) is 14.4. The molecule has 1 aromatic carbocycles. The summed E-state index contributed by atoms with van der Waals surface area (Å²) in [5, 5.41) is 17.0. The van der Waals surface area contributed by atoms with Crippen molar-refractivity contribution < 1.29 is 9.53 Å². The number of carbonyl (C=O) groups excluding carboxylic acids is 1. The molecule has 0 aliphatic carbocycles. The van der Waals surface area contributed by atoms with E-state index in [1.807, 2.05) is 19.1 Å². The lowest BCUT2D eigenvalue weighted by Crippen LogP contribution is -2.20. The number of tetrazole rings is 1. The van der Waals surface area contributed by atoms with E-state index in [9.17, 15) is 4.79 Å². The number of hydrogen-bond donors (Lipinski definition) is 3. The van der Waals surface area contributed by atoms with E-state index >= 15 is 0 Å². The first-order valence-corrected chi connectivity index (χ1v) is 6.12. The van der Waals surface area contributed by atoms with Gasteiger partial charge >= 0.3 is 0 Å². The number of nitrogens with zero attached hydrogens (tertiary/aromatic N) is 3. The average molecular weight is 276 g/mol. The molecule has 2 rings (SSSR count). The Morgan fingerprint density at radius 3 is 2.80 bits per heavy atom. The third-order valence-corrected chi connectivity index (χ3v) is 2.67. The number of hydrogen-bond acceptors (Lipinski definition) is 6. The summed E-state index contributed by atoms with van der Waals surface area (Å²) in [7, 11) is 0. The van der Waals surface area contributed by atoms with Crippen LogP contribution in [0.15, 0.2) is 24.3 Å². The van der Waals surface area contributed by atoms with Crippen molar-refractivity contribution >= 4 is 5.91 Å². The fourth-order valence-corrected chi connectivity index (χ4v) is 1.57. The van der Waals surface area contributed by atoms with Crippen LogP contribution in [0.5, 0.6) is 5.75 Å². The number of primary amides is 1. The maximum atomic E-state index is 10.6. The lowest BCUT2D eigenvalue weighted by Gasteiger charge is -2.10. The van der Waals surface area contributed by atoms with Gasteiger partial charge in [0, 0.05) is 6.54 Å². The number of nitrogens with one attached hydrogen (secondary N) is 2. The molecule has 1 unspecified atom stereocenters. The standard InChI is InChI=1S/C12H16N6O2/c1-8(12-15-17-18-16-12)14-6-9-2-4-10(5-3-9)20-7-11(13)19/h2-5,8,14H,6-7H2,1H3,(H2,13,19)(H,15,16,17,18). The zero-order valence-electron chi connectivity index (χ0n) is 11.0. The molecule has 0 bridgehead atoms. The summed E-state index contributed by atoms with van der Waals surface area (Å²) in [5.74, 6) is 0.731. The van der Waals surface area contributed by atoms with Crippen LogP contribution >= 0.6 is 0 Å². The highest BCUT2D eigenvalue weighted by molar-refractivity contribution is 5.75. The van der Waals surface area contributed by atoms with E-state index in [1.165, 1.54) is 0 Å². The second-order valence-corrected chi connectivity index (χ2v) is 4.27. The minimum absolute atomic E-state index is 0.000428. The largest absolute Gasteiger partial charge is 0.484 e. The van der Waals surface area contributed by atoms with Gasteiger partial charge in [-0.25, -0.2) is 0 Å². The number of ether oxygens (including phenoxy) is 1. The summed E-state index contributed by atoms with van der Waals surface area (Å²) in [6.07, 6.45) is 0. The first-order chi connectivity index (χ1) is 9.65. The van der Waals surface area contributed by atoms with Crippen LogP contribution in [0.4, 0.5) is 0 Å². The summed E-state index contributed by atoms with van der Waals surface area (Å²) in [6, 6.07) is 7.40. The Labute approximate surface area is 115 Å². The number of aromatic nitrogens is 4. The van der Waals surface area contributed by atoms with Crippen LogP contribution < -0.4 is 15.8 Å². The normalized spacial score (nSPS) is 12.1. The predicted octanol–water partition coefficient (Wildman–Crippen LogP) is -0.0854. The van der Waals surface area contributed by atoms with Crippen molar-refractivity contribution in [3.63, 3.8) is 0 Å². The minimum Gasteiger partial charge on any atom is -0.484 e. The van der Waals surface area contributed by atoms with Crippen LogP contribution in [-0.2, 0) is 11.3 Å². The Balaban J connectivity index is 1.83. The van der Waals surface area contributed by atoms with E-state index in [2.05, 4.69) is 25.9 Å². The zero-order valence-corrected chi connectivity index (χ0v) is 11.0. The van der Waals surface area contributed by atoms with Gasteiger partial charge in [0.25, 0.3) is 5.91 Å². The highest BCUT2D eigenvalue weighted by Crippen LogP contribution is 2.13. The van der Waals surface area contributed by atoms with Crippen molar-refractivity contribution in [3.05, 3.63) is 35.7 Å². The lowest BCUT2D eigenvalue weighted by atomic mass is 10.2. The van der Waals surface area contributed by atoms with Crippen molar-refractivity contribution in [3.8, 4) is 5.75 Å². The number of carbonyl (C=O) groups is 1. The van der Waals surface area contributed by atoms with Gasteiger partial charge in [-0.1, -0.05) is 17.3 Å². The first kappa shape index (κ1) is 13.9. The molecular formula is C12H16N6O2. The number of benzene rings is 1. The van der Waals surface area contributed by atoms with E-state index < -0.39 is 5.91 Å². The Bertz CT molecular complexity index is 540. The molecule has 0 aliphatic rings. The molecule has 20 heavy (non-hydrogen) atoms. The van der Waals surface area contributed by atoms with Gasteiger partial charge in [0.2, 0.25) is 0 Å². The van der Waals surface area contributed by atoms with Gasteiger partial charge in [0.15, 0.2) is 12.4 Å². The maximum absolute atomic E-state index is 10.6. The molecular weight excluding hydrogens is 260 g/mol. The summed E-state index contributed by atoms with van der Waals surface area (Å²) in [5.41, 5.74) is 6.08. The second-order valence-electron chi connectivity index (χ2n) is 4.27. The smallest absolute Gasteiger partial charge is 0.255 e. The quantitative estimate of drug-likeness (QED) is 0.650. The number of rotatable bonds is 7. The van der Waals surface area contributed by atoms with Crippen molar-refractivity contribution in [1.82, 2.24) is 25.9 Å². The van der Waals surface area contributed by atoms with Crippen LogP contribution in [0, 0.1) is 0 Å². The van der Waals surface area contributed by atoms with E-state index in [4.69, 9.17) is 10.5 Å². The van der Waals surface area contributed by atoms with Crippen molar-refractivity contribution in [1.29, 1.82) is 0 Å². The highest BCUT2D eigenvalue weighted by atomic mass is 16.5. The number of amides is 1. The van der Waals surface area contributed by atoms with Gasteiger partial charge in [-0.3, -0.25) is 4.79 Å². The predicted molar refractivity (Wildman–Crippen MR) is 70.6 cm³/mol. The molecule has 4 N–H and O–H groups in total. The fraction of sp³-hybridized carbons (Fsp3) is 0.333. The van der Waals surface area contributed by atoms with Crippen molar-refractivity contribution in [2.24, 2.45) is 5.73 Å². The molecule has 2 aromatic rings. The van der Waals surface area contributed by atoms with Crippen molar-refractivity contribution in [2.75, 3.05) is 6.61 Å². The highest BCUT2D eigenvalue weighted by Gasteiger charge is 2.09. The summed E-state index contributed by atoms with van der Waals surface area (Å²) in [6.45, 7) is 2.49. The van der Waals surface area contributed by atoms with Crippen molar-refractivity contribution in [2.45, 2.75) is 19.5 Å². The third kappa shape index (κ3) is 4.02. The summed E-state index contributed by atoms with van der Waals surface area (Å²) < 4.78 is 5.18. The molecule has 0 saturated carbocycles. The van der Waals surface area contributed by atoms with Gasteiger partial charge in [-0.05, 0) is 24.6 Å². The van der Waals surface area contributed by atoms with E-state index in [0.717, 1.165) is 5.56 Å². The molecule has 1 heterocycles. The van der Waals surface area contributed by atoms with Gasteiger partial charge in [0.05, 0.1) is 6.04 Å². The Hall–Kier alpha value is -2.48. The Kier molecular flexibility index (Phi) is 4.61. The van der Waals surface area contributed by atoms with E-state index in [-0.39, 0.29) is 12.6 Å². The SMILES string of the molecule is CC(NCc1ccc(OCC(N)=O)cc1)c1nn[nH]n1. The molecule has 0 fully saturated rings. The second kappa shape index (κ2) is 6.62. The molecule has 106 valence electrons. The monoisotopic (exact) mass is 276 g/mol. The molecule has 0 spiro atoms. The Morgan fingerprint density at radius 1 is 1.45 bits per heavy atom. The minimum atomic E-state index is -0.496. The molecule has 1 amide bonds. The molecule has 0 radical (unpaired) electrons. The average Bonchev–Trinajstić information content (AvgIpc) is 2.98. The molecule has 0 saturated heterocycles. The molecule has 1 atom stereocenters. The Morgan fingerprint density at radius 2 is 2.20 bits per heavy atom. The van der Waals surface area contributed by atoms with Gasteiger partial charge < -0.3 is 15.8 Å². The number of H-pyrrole nitrogens is 1. The number of aromatic amines is 1. The molecule has 1 aromatic heterocycles. The van der Waals surface area contributed by atoms with E-state index in [1.54, 1.807) is 12.1 Å². The molecule has 8 heteroatoms. The molecule has 0 aliphatic heterocycles. The summed E-state index contributed by atoms with van der Waals surface area (Å²) >= 11 is 0. The maximum Gasteiger partial charge on any atom is 0.255 e. The lowest BCUT2D eigenvalue weighted by molar-refractivity contribution is -0.119. The van der Waals surface area contributed by atoms with Gasteiger partial charge in [-0.2, -0.15) is 5.21 Å². The fourth-order valence-electron chi connectivity index (χ4n) is 1.57.